The van der Waals surface area contributed by atoms with Gasteiger partial charge in [0.1, 0.15) is 23.9 Å². The second-order valence-corrected chi connectivity index (χ2v) is 3.94. The molecule has 19 heavy (non-hydrogen) atoms. The van der Waals surface area contributed by atoms with Crippen molar-refractivity contribution in [2.45, 2.75) is 18.4 Å². The molecule has 8 nitrogen and oxygen atoms in total. The van der Waals surface area contributed by atoms with Gasteiger partial charge in [-0.1, -0.05) is 0 Å². The summed E-state index contributed by atoms with van der Waals surface area (Å²) in [5.41, 5.74) is 4.68. The van der Waals surface area contributed by atoms with Gasteiger partial charge in [-0.3, -0.25) is 4.57 Å². The first-order valence-corrected chi connectivity index (χ1v) is 5.27. The predicted octanol–water partition coefficient (Wildman–Crippen LogP) is -1.36. The van der Waals surface area contributed by atoms with E-state index in [0.717, 1.165) is 4.57 Å². The summed E-state index contributed by atoms with van der Waals surface area (Å²) in [5, 5.41) is 27.8. The molecule has 0 amide bonds. The Balaban J connectivity index is 0.00000180. The van der Waals surface area contributed by atoms with E-state index < -0.39 is 36.7 Å². The smallest absolute Gasteiger partial charge is 0.351 e. The first-order valence-electron chi connectivity index (χ1n) is 5.27. The van der Waals surface area contributed by atoms with Crippen molar-refractivity contribution in [3.8, 4) is 6.07 Å². The monoisotopic (exact) mass is 288 g/mol. The number of hydrogen-bond donors (Lipinski definition) is 3. The van der Waals surface area contributed by atoms with Crippen molar-refractivity contribution < 1.29 is 14.9 Å². The Labute approximate surface area is 114 Å². The Morgan fingerprint density at radius 2 is 2.32 bits per heavy atom. The highest BCUT2D eigenvalue weighted by atomic mass is 35.5. The highest BCUT2D eigenvalue weighted by molar-refractivity contribution is 5.85. The fourth-order valence-corrected chi connectivity index (χ4v) is 1.89. The second-order valence-electron chi connectivity index (χ2n) is 3.94. The summed E-state index contributed by atoms with van der Waals surface area (Å²) in [4.78, 5) is 15.1. The molecule has 104 valence electrons. The molecule has 0 aromatic carbocycles. The second kappa shape index (κ2) is 5.99. The maximum Gasteiger partial charge on any atom is 0.351 e. The van der Waals surface area contributed by atoms with Crippen molar-refractivity contribution in [3.05, 3.63) is 22.7 Å². The zero-order valence-corrected chi connectivity index (χ0v) is 10.5. The fraction of sp³-hybridized carbons (Fsp3) is 0.500. The molecule has 0 saturated carbocycles. The van der Waals surface area contributed by atoms with Gasteiger partial charge in [0.25, 0.3) is 0 Å². The van der Waals surface area contributed by atoms with Gasteiger partial charge in [-0.2, -0.15) is 10.2 Å². The summed E-state index contributed by atoms with van der Waals surface area (Å²) in [5.74, 6) is -0.896. The summed E-state index contributed by atoms with van der Waals surface area (Å²) in [7, 11) is 0. The number of rotatable bonds is 2. The lowest BCUT2D eigenvalue weighted by atomic mass is 10.0. The highest BCUT2D eigenvalue weighted by Crippen LogP contribution is 2.33. The lowest BCUT2D eigenvalue weighted by Gasteiger charge is -2.16. The molecule has 0 radical (unpaired) electrons. The van der Waals surface area contributed by atoms with Crippen molar-refractivity contribution >= 4 is 18.2 Å². The van der Waals surface area contributed by atoms with Crippen LogP contribution in [0.15, 0.2) is 17.1 Å². The summed E-state index contributed by atoms with van der Waals surface area (Å²) < 4.78 is 6.37. The van der Waals surface area contributed by atoms with E-state index in [-0.39, 0.29) is 18.2 Å². The molecule has 1 saturated heterocycles. The van der Waals surface area contributed by atoms with Crippen molar-refractivity contribution in [3.63, 3.8) is 0 Å². The molecule has 0 aliphatic carbocycles. The highest BCUT2D eigenvalue weighted by Gasteiger charge is 2.45. The molecule has 2 rings (SSSR count). The molecule has 1 fully saturated rings. The normalized spacial score (nSPS) is 29.5. The third-order valence-corrected chi connectivity index (χ3v) is 2.82. The molecule has 0 bridgehead atoms. The Kier molecular flexibility index (Phi) is 4.85. The Morgan fingerprint density at radius 1 is 1.63 bits per heavy atom. The van der Waals surface area contributed by atoms with E-state index >= 15 is 0 Å². The third kappa shape index (κ3) is 2.69. The Bertz CT molecular complexity index is 543. The van der Waals surface area contributed by atoms with Gasteiger partial charge in [0.2, 0.25) is 0 Å². The van der Waals surface area contributed by atoms with Gasteiger partial charge >= 0.3 is 5.69 Å². The molecular weight excluding hydrogens is 276 g/mol. The molecule has 1 aromatic rings. The number of hydrogen-bond acceptors (Lipinski definition) is 7. The number of halogens is 1. The van der Waals surface area contributed by atoms with Gasteiger partial charge in [0.15, 0.2) is 6.23 Å². The molecule has 1 aliphatic rings. The van der Waals surface area contributed by atoms with Crippen LogP contribution in [0, 0.1) is 17.2 Å². The number of aromatic nitrogens is 2. The topological polar surface area (TPSA) is 134 Å². The Hall–Kier alpha value is -1.66. The van der Waals surface area contributed by atoms with E-state index in [9.17, 15) is 9.90 Å². The summed E-state index contributed by atoms with van der Waals surface area (Å²) in [6.07, 6.45) is -1.70. The van der Waals surface area contributed by atoms with Gasteiger partial charge in [0, 0.05) is 6.20 Å². The number of nitrogens with two attached hydrogens (primary N) is 1. The van der Waals surface area contributed by atoms with Crippen LogP contribution in [0.25, 0.3) is 0 Å². The molecule has 4 atom stereocenters. The van der Waals surface area contributed by atoms with Crippen molar-refractivity contribution in [2.75, 3.05) is 12.3 Å². The fourth-order valence-electron chi connectivity index (χ4n) is 1.89. The van der Waals surface area contributed by atoms with Crippen molar-refractivity contribution in [1.29, 1.82) is 5.26 Å². The average molecular weight is 289 g/mol. The number of ether oxygens (including phenoxy) is 1. The molecule has 2 heterocycles. The zero-order valence-electron chi connectivity index (χ0n) is 9.71. The largest absolute Gasteiger partial charge is 0.394 e. The number of aliphatic hydroxyl groups is 2. The molecule has 1 aliphatic heterocycles. The first kappa shape index (κ1) is 15.4. The quantitative estimate of drug-likeness (QED) is 0.611. The van der Waals surface area contributed by atoms with Gasteiger partial charge in [-0.15, -0.1) is 12.4 Å². The van der Waals surface area contributed by atoms with Crippen LogP contribution in [0.4, 0.5) is 5.82 Å². The SMILES string of the molecule is Cl.N#C[C@H]1C(O)[C@@H](CO)OC1n1ccc(N)nc1=O. The molecular formula is C10H13ClN4O4. The zero-order chi connectivity index (χ0) is 13.3. The van der Waals surface area contributed by atoms with Crippen LogP contribution in [-0.2, 0) is 4.74 Å². The minimum absolute atomic E-state index is 0. The van der Waals surface area contributed by atoms with Crippen molar-refractivity contribution in [2.24, 2.45) is 5.92 Å². The maximum atomic E-state index is 11.6. The van der Waals surface area contributed by atoms with E-state index in [0.29, 0.717) is 0 Å². The number of nitrogen functional groups attached to an aromatic ring is 1. The van der Waals surface area contributed by atoms with E-state index in [1.165, 1.54) is 12.3 Å². The van der Waals surface area contributed by atoms with E-state index in [1.807, 2.05) is 6.07 Å². The van der Waals surface area contributed by atoms with Crippen LogP contribution >= 0.6 is 12.4 Å². The van der Waals surface area contributed by atoms with E-state index in [1.54, 1.807) is 0 Å². The summed E-state index contributed by atoms with van der Waals surface area (Å²) in [6.45, 7) is -0.438. The molecule has 2 unspecified atom stereocenters. The number of anilines is 1. The van der Waals surface area contributed by atoms with Gasteiger partial charge in [0.05, 0.1) is 12.7 Å². The van der Waals surface area contributed by atoms with Crippen LogP contribution in [-0.4, -0.2) is 38.6 Å². The molecule has 1 aromatic heterocycles. The standard InChI is InChI=1S/C10H12N4O4.ClH/c11-3-5-8(16)6(4-15)18-9(5)14-2-1-7(12)13-10(14)17;/h1-2,5-6,8-9,15-16H,4H2,(H2,12,13,17);1H/t5-,6+,8?,9?;/m0./s1. The molecule has 9 heteroatoms. The van der Waals surface area contributed by atoms with Crippen LogP contribution in [0.2, 0.25) is 0 Å². The average Bonchev–Trinajstić information content (AvgIpc) is 2.65. The minimum Gasteiger partial charge on any atom is -0.394 e. The first-order chi connectivity index (χ1) is 8.58. The minimum atomic E-state index is -1.16. The number of nitrogens with zero attached hydrogens (tertiary/aromatic N) is 3. The number of nitriles is 1. The van der Waals surface area contributed by atoms with E-state index in [2.05, 4.69) is 4.98 Å². The summed E-state index contributed by atoms with van der Waals surface area (Å²) >= 11 is 0. The lowest BCUT2D eigenvalue weighted by molar-refractivity contribution is -0.0469. The maximum absolute atomic E-state index is 11.6. The van der Waals surface area contributed by atoms with Crippen LogP contribution in [0.1, 0.15) is 6.23 Å². The van der Waals surface area contributed by atoms with Gasteiger partial charge < -0.3 is 20.7 Å². The van der Waals surface area contributed by atoms with Gasteiger partial charge in [-0.25, -0.2) is 4.79 Å². The van der Waals surface area contributed by atoms with Gasteiger partial charge in [-0.05, 0) is 6.07 Å². The third-order valence-electron chi connectivity index (χ3n) is 2.82. The summed E-state index contributed by atoms with van der Waals surface area (Å²) in [6, 6.07) is 3.25. The van der Waals surface area contributed by atoms with Crippen LogP contribution < -0.4 is 11.4 Å². The van der Waals surface area contributed by atoms with E-state index in [4.69, 9.17) is 20.8 Å². The Morgan fingerprint density at radius 3 is 2.84 bits per heavy atom. The molecule has 0 spiro atoms. The van der Waals surface area contributed by atoms with Crippen molar-refractivity contribution in [1.82, 2.24) is 9.55 Å². The number of aliphatic hydroxyl groups excluding tert-OH is 2. The van der Waals surface area contributed by atoms with Crippen LogP contribution in [0.5, 0.6) is 0 Å². The molecule has 4 N–H and O–H groups in total. The van der Waals surface area contributed by atoms with Crippen LogP contribution in [0.3, 0.4) is 0 Å². The predicted molar refractivity (Wildman–Crippen MR) is 66.3 cm³/mol. The lowest BCUT2D eigenvalue weighted by Crippen LogP contribution is -2.31.